The minimum Gasteiger partial charge on any atom is -0.379 e. The molecule has 0 bridgehead atoms. The molecule has 1 aliphatic heterocycles. The molecule has 9 nitrogen and oxygen atoms in total. The number of amides is 2. The molecule has 0 saturated carbocycles. The Bertz CT molecular complexity index is 1730. The van der Waals surface area contributed by atoms with E-state index in [9.17, 15) is 36.7 Å². The van der Waals surface area contributed by atoms with Gasteiger partial charge in [0.2, 0.25) is 11.8 Å². The number of halogens is 4. The zero-order valence-electron chi connectivity index (χ0n) is 29.1. The van der Waals surface area contributed by atoms with E-state index in [0.717, 1.165) is 19.2 Å². The van der Waals surface area contributed by atoms with E-state index in [4.69, 9.17) is 4.74 Å². The highest BCUT2D eigenvalue weighted by Crippen LogP contribution is 2.40. The van der Waals surface area contributed by atoms with Crippen LogP contribution in [0.1, 0.15) is 68.3 Å². The smallest absolute Gasteiger partial charge is 0.379 e. The van der Waals surface area contributed by atoms with Gasteiger partial charge in [-0.05, 0) is 42.0 Å². The van der Waals surface area contributed by atoms with Gasteiger partial charge in [0.25, 0.3) is 0 Å². The molecule has 1 fully saturated rings. The molecule has 2 amide bonds. The summed E-state index contributed by atoms with van der Waals surface area (Å²) in [4.78, 5) is 59.5. The molecule has 3 atom stereocenters. The lowest BCUT2D eigenvalue weighted by Gasteiger charge is -2.38. The fourth-order valence-corrected chi connectivity index (χ4v) is 7.19. The Kier molecular flexibility index (Phi) is 12.3. The first kappa shape index (κ1) is 38.1. The summed E-state index contributed by atoms with van der Waals surface area (Å²) in [5.41, 5.74) is -1.16. The third-order valence-corrected chi connectivity index (χ3v) is 10.4. The normalized spacial score (nSPS) is 19.3. The Morgan fingerprint density at radius 2 is 1.78 bits per heavy atom. The predicted molar refractivity (Wildman–Crippen MR) is 183 cm³/mol. The molecule has 2 aliphatic rings. The van der Waals surface area contributed by atoms with E-state index in [-0.39, 0.29) is 73.6 Å². The highest BCUT2D eigenvalue weighted by Gasteiger charge is 2.45. The van der Waals surface area contributed by atoms with Gasteiger partial charge in [-0.2, -0.15) is 13.2 Å². The number of morpholine rings is 1. The molecule has 2 aromatic carbocycles. The van der Waals surface area contributed by atoms with Gasteiger partial charge < -0.3 is 20.4 Å². The topological polar surface area (TPSA) is 121 Å². The van der Waals surface area contributed by atoms with E-state index < -0.39 is 40.7 Å². The number of hydrogen-bond donors (Lipinski definition) is 3. The minimum atomic E-state index is -4.61. The molecule has 5 rings (SSSR count). The van der Waals surface area contributed by atoms with Crippen molar-refractivity contribution >= 4 is 34.3 Å². The number of nitrogens with one attached hydrogen (secondary N) is 3. The second kappa shape index (κ2) is 16.5. The maximum Gasteiger partial charge on any atom is 0.418 e. The number of alkyl halides is 3. The molecule has 1 aromatic heterocycles. The molecule has 1 unspecified atom stereocenters. The van der Waals surface area contributed by atoms with Crippen molar-refractivity contribution in [3.63, 3.8) is 0 Å². The highest BCUT2D eigenvalue weighted by atomic mass is 19.4. The van der Waals surface area contributed by atoms with Crippen molar-refractivity contribution < 1.29 is 41.5 Å². The number of aryl methyl sites for hydroxylation is 1. The molecule has 276 valence electrons. The van der Waals surface area contributed by atoms with Crippen LogP contribution in [0.4, 0.5) is 17.6 Å². The van der Waals surface area contributed by atoms with E-state index >= 15 is 0 Å². The van der Waals surface area contributed by atoms with Gasteiger partial charge in [0.05, 0.1) is 24.3 Å². The fourth-order valence-electron chi connectivity index (χ4n) is 7.19. The lowest BCUT2D eigenvalue weighted by molar-refractivity contribution is -0.137. The van der Waals surface area contributed by atoms with Gasteiger partial charge in [-0.15, -0.1) is 0 Å². The quantitative estimate of drug-likeness (QED) is 0.183. The van der Waals surface area contributed by atoms with Gasteiger partial charge in [0, 0.05) is 75.3 Å². The lowest BCUT2D eigenvalue weighted by atomic mass is 9.74. The summed E-state index contributed by atoms with van der Waals surface area (Å²) in [6.45, 7) is 7.53. The predicted octanol–water partition coefficient (Wildman–Crippen LogP) is 5.33. The second-order valence-electron chi connectivity index (χ2n) is 13.8. The van der Waals surface area contributed by atoms with Crippen LogP contribution < -0.4 is 10.6 Å². The van der Waals surface area contributed by atoms with Gasteiger partial charge in [-0.1, -0.05) is 50.6 Å². The van der Waals surface area contributed by atoms with Crippen LogP contribution in [0, 0.1) is 17.7 Å². The Balaban J connectivity index is 1.37. The van der Waals surface area contributed by atoms with Gasteiger partial charge in [0.1, 0.15) is 17.1 Å². The largest absolute Gasteiger partial charge is 0.418 e. The van der Waals surface area contributed by atoms with E-state index in [0.29, 0.717) is 49.4 Å². The Morgan fingerprint density at radius 1 is 1.04 bits per heavy atom. The van der Waals surface area contributed by atoms with Crippen molar-refractivity contribution in [3.05, 3.63) is 70.7 Å². The van der Waals surface area contributed by atoms with Crippen LogP contribution in [0.5, 0.6) is 0 Å². The number of rotatable bonds is 15. The van der Waals surface area contributed by atoms with Gasteiger partial charge in [-0.3, -0.25) is 24.1 Å². The number of benzene rings is 2. The number of aromatic amines is 1. The summed E-state index contributed by atoms with van der Waals surface area (Å²) >= 11 is 0. The zero-order chi connectivity index (χ0) is 36.8. The monoisotopic (exact) mass is 714 g/mol. The molecule has 1 aliphatic carbocycles. The number of hydrogen-bond acceptors (Lipinski definition) is 6. The van der Waals surface area contributed by atoms with Crippen LogP contribution in [0.3, 0.4) is 0 Å². The van der Waals surface area contributed by atoms with E-state index in [1.54, 1.807) is 12.1 Å². The van der Waals surface area contributed by atoms with Gasteiger partial charge in [-0.25, -0.2) is 4.39 Å². The molecule has 13 heteroatoms. The van der Waals surface area contributed by atoms with Crippen LogP contribution in [0.25, 0.3) is 10.9 Å². The highest BCUT2D eigenvalue weighted by molar-refractivity contribution is 5.98. The first-order valence-electron chi connectivity index (χ1n) is 17.7. The molecule has 1 saturated heterocycles. The van der Waals surface area contributed by atoms with Crippen LogP contribution in [-0.4, -0.2) is 78.2 Å². The van der Waals surface area contributed by atoms with Gasteiger partial charge >= 0.3 is 6.18 Å². The lowest BCUT2D eigenvalue weighted by Crippen LogP contribution is -2.59. The number of para-hydroxylation sites is 1. The van der Waals surface area contributed by atoms with Crippen LogP contribution in [0.2, 0.25) is 0 Å². The maximum atomic E-state index is 14.3. The van der Waals surface area contributed by atoms with Crippen molar-refractivity contribution in [3.8, 4) is 0 Å². The van der Waals surface area contributed by atoms with Crippen molar-refractivity contribution in [1.29, 1.82) is 0 Å². The van der Waals surface area contributed by atoms with E-state index in [2.05, 4.69) is 20.5 Å². The molecule has 0 spiro atoms. The molecule has 2 heterocycles. The number of ketones is 2. The number of H-pyrrole nitrogens is 1. The second-order valence-corrected chi connectivity index (χ2v) is 13.8. The van der Waals surface area contributed by atoms with Crippen molar-refractivity contribution in [2.45, 2.75) is 76.9 Å². The fraction of sp³-hybridized carbons (Fsp3) is 0.526. The third-order valence-electron chi connectivity index (χ3n) is 10.4. The molecule has 3 aromatic rings. The summed E-state index contributed by atoms with van der Waals surface area (Å²) < 4.78 is 61.5. The minimum absolute atomic E-state index is 0.0801. The zero-order valence-corrected chi connectivity index (χ0v) is 29.1. The number of aromatic nitrogens is 1. The summed E-state index contributed by atoms with van der Waals surface area (Å²) in [6.07, 6.45) is -4.58. The summed E-state index contributed by atoms with van der Waals surface area (Å²) in [6, 6.07) is 9.81. The van der Waals surface area contributed by atoms with E-state index in [1.165, 1.54) is 24.3 Å². The Hall–Kier alpha value is -4.10. The summed E-state index contributed by atoms with van der Waals surface area (Å²) in [5, 5.41) is 6.13. The third kappa shape index (κ3) is 9.23. The number of carbonyl (C=O) groups excluding carboxylic acids is 4. The standard InChI is InChI=1S/C38H46F4N4O5/c1-3-24(2)28(22-26(47)21-25-7-4-5-10-31(25)39)36(50)45-37(33(48)11-12-34(49)43-15-16-46-17-19-51-20-18-46)14-13-32-29(23-37)27-8-6-9-30(35(27)44-32)38(40,41)42/h4-10,24,28,44H,3,11-23H2,1-2H3,(H,43,49)(H,45,50)/t24?,28-,37+/m0/s1. The number of fused-ring (bicyclic) bond motifs is 3. The summed E-state index contributed by atoms with van der Waals surface area (Å²) in [5.74, 6) is -3.25. The number of carbonyl (C=O) groups is 4. The first-order chi connectivity index (χ1) is 24.3. The van der Waals surface area contributed by atoms with Crippen LogP contribution in [0.15, 0.2) is 42.5 Å². The molecule has 51 heavy (non-hydrogen) atoms. The van der Waals surface area contributed by atoms with Gasteiger partial charge in [0.15, 0.2) is 5.78 Å². The van der Waals surface area contributed by atoms with Crippen LogP contribution >= 0.6 is 0 Å². The maximum absolute atomic E-state index is 14.3. The average molecular weight is 715 g/mol. The first-order valence-corrected chi connectivity index (χ1v) is 17.7. The molecular weight excluding hydrogens is 668 g/mol. The van der Waals surface area contributed by atoms with Crippen molar-refractivity contribution in [2.24, 2.45) is 11.8 Å². The van der Waals surface area contributed by atoms with Crippen LogP contribution in [-0.2, 0) is 49.4 Å². The van der Waals surface area contributed by atoms with E-state index in [1.807, 2.05) is 13.8 Å². The molecule has 3 N–H and O–H groups in total. The number of nitrogens with zero attached hydrogens (tertiary/aromatic N) is 1. The average Bonchev–Trinajstić information content (AvgIpc) is 3.48. The van der Waals surface area contributed by atoms with Crippen molar-refractivity contribution in [2.75, 3.05) is 39.4 Å². The Morgan fingerprint density at radius 3 is 2.49 bits per heavy atom. The molecule has 0 radical (unpaired) electrons. The van der Waals surface area contributed by atoms with Crippen molar-refractivity contribution in [1.82, 2.24) is 20.5 Å². The number of Topliss-reactive ketones (excluding diaryl/α,β-unsaturated/α-hetero) is 2. The molecular formula is C38H46F4N4O5. The Labute approximate surface area is 294 Å². The number of ether oxygens (including phenoxy) is 1. The summed E-state index contributed by atoms with van der Waals surface area (Å²) in [7, 11) is 0. The SMILES string of the molecule is CCC(C)[C@H](CC(=O)Cc1ccccc1F)C(=O)N[C@]1(C(=O)CCC(=O)NCCN2CCOCC2)CCc2[nH]c3c(C(F)(F)F)cccc3c2C1.